The van der Waals surface area contributed by atoms with E-state index >= 15 is 0 Å². The van der Waals surface area contributed by atoms with Crippen LogP contribution in [0.1, 0.15) is 50.8 Å². The van der Waals surface area contributed by atoms with Gasteiger partial charge in [-0.1, -0.05) is 6.92 Å². The van der Waals surface area contributed by atoms with Gasteiger partial charge in [-0.3, -0.25) is 0 Å². The van der Waals surface area contributed by atoms with Gasteiger partial charge in [-0.15, -0.1) is 0 Å². The zero-order valence-corrected chi connectivity index (χ0v) is 12.8. The molecule has 1 heterocycles. The summed E-state index contributed by atoms with van der Waals surface area (Å²) in [5, 5.41) is 0. The normalized spacial score (nSPS) is 19.8. The maximum atomic E-state index is 12.8. The number of aromatic nitrogens is 1. The first-order valence-corrected chi connectivity index (χ1v) is 8.94. The Morgan fingerprint density at radius 1 is 1.35 bits per heavy atom. The molecule has 5 nitrogen and oxygen atoms in total. The lowest BCUT2D eigenvalue weighted by Gasteiger charge is -2.20. The van der Waals surface area contributed by atoms with Gasteiger partial charge in [0.05, 0.1) is 0 Å². The Hall–Kier alpha value is -0.850. The van der Waals surface area contributed by atoms with Gasteiger partial charge in [-0.05, 0) is 38.2 Å². The van der Waals surface area contributed by atoms with E-state index in [1.54, 1.807) is 16.6 Å². The third-order valence-electron chi connectivity index (χ3n) is 4.06. The maximum Gasteiger partial charge on any atom is 0.244 e. The minimum Gasteiger partial charge on any atom is -0.346 e. The predicted molar refractivity (Wildman–Crippen MR) is 77.8 cm³/mol. The van der Waals surface area contributed by atoms with Crippen molar-refractivity contribution in [2.75, 3.05) is 6.54 Å². The molecule has 20 heavy (non-hydrogen) atoms. The quantitative estimate of drug-likeness (QED) is 0.835. The van der Waals surface area contributed by atoms with Crippen LogP contribution in [0, 0.1) is 0 Å². The molecular formula is C14H23N3O2S. The van der Waals surface area contributed by atoms with Gasteiger partial charge in [-0.25, -0.2) is 8.42 Å². The highest BCUT2D eigenvalue weighted by atomic mass is 32.2. The largest absolute Gasteiger partial charge is 0.346 e. The van der Waals surface area contributed by atoms with Gasteiger partial charge >= 0.3 is 0 Å². The van der Waals surface area contributed by atoms with Crippen LogP contribution in [0.15, 0.2) is 17.2 Å². The smallest absolute Gasteiger partial charge is 0.244 e. The summed E-state index contributed by atoms with van der Waals surface area (Å²) >= 11 is 0. The standard InChI is InChI=1S/C14H23N3O2S/c1-2-7-17(12-5-6-12)20(18,19)14-8-13(9-15)16(10-14)11-3-4-11/h8,10-12H,2-7,9,15H2,1H3. The summed E-state index contributed by atoms with van der Waals surface area (Å²) in [4.78, 5) is 0.421. The van der Waals surface area contributed by atoms with Gasteiger partial charge in [0.15, 0.2) is 0 Å². The number of nitrogens with two attached hydrogens (primary N) is 1. The van der Waals surface area contributed by atoms with Crippen LogP contribution in [0.4, 0.5) is 0 Å². The Kier molecular flexibility index (Phi) is 3.64. The van der Waals surface area contributed by atoms with E-state index in [4.69, 9.17) is 5.73 Å². The molecule has 0 amide bonds. The Morgan fingerprint density at radius 3 is 2.55 bits per heavy atom. The van der Waals surface area contributed by atoms with Crippen molar-refractivity contribution < 1.29 is 8.42 Å². The molecule has 0 aliphatic heterocycles. The summed E-state index contributed by atoms with van der Waals surface area (Å²) < 4.78 is 29.3. The molecule has 2 N–H and O–H groups in total. The van der Waals surface area contributed by atoms with E-state index in [2.05, 4.69) is 4.57 Å². The first-order chi connectivity index (χ1) is 9.57. The predicted octanol–water partition coefficient (Wildman–Crippen LogP) is 1.84. The second kappa shape index (κ2) is 5.16. The van der Waals surface area contributed by atoms with Crippen LogP contribution in [0.25, 0.3) is 0 Å². The zero-order valence-electron chi connectivity index (χ0n) is 12.0. The van der Waals surface area contributed by atoms with Crippen molar-refractivity contribution in [1.29, 1.82) is 0 Å². The van der Waals surface area contributed by atoms with Crippen molar-refractivity contribution in [2.45, 2.75) is 62.6 Å². The molecule has 0 atom stereocenters. The molecule has 0 unspecified atom stereocenters. The summed E-state index contributed by atoms with van der Waals surface area (Å²) in [6.45, 7) is 3.02. The Bertz CT molecular complexity index is 586. The Labute approximate surface area is 120 Å². The van der Waals surface area contributed by atoms with Crippen LogP contribution < -0.4 is 5.73 Å². The van der Waals surface area contributed by atoms with Crippen LogP contribution in [0.2, 0.25) is 0 Å². The molecule has 1 aromatic rings. The highest BCUT2D eigenvalue weighted by Gasteiger charge is 2.38. The van der Waals surface area contributed by atoms with Gasteiger partial charge in [0.2, 0.25) is 10.0 Å². The fourth-order valence-electron chi connectivity index (χ4n) is 2.71. The second-order valence-corrected chi connectivity index (χ2v) is 7.75. The SMILES string of the molecule is CCCN(C1CC1)S(=O)(=O)c1cc(CN)n(C2CC2)c1. The summed E-state index contributed by atoms with van der Waals surface area (Å²) in [5.41, 5.74) is 6.68. The van der Waals surface area contributed by atoms with Crippen molar-refractivity contribution >= 4 is 10.0 Å². The fourth-order valence-corrected chi connectivity index (χ4v) is 4.54. The van der Waals surface area contributed by atoms with E-state index in [1.165, 1.54) is 0 Å². The fraction of sp³-hybridized carbons (Fsp3) is 0.714. The molecule has 0 saturated heterocycles. The summed E-state index contributed by atoms with van der Waals surface area (Å²) in [5.74, 6) is 0. The number of hydrogen-bond donors (Lipinski definition) is 1. The molecule has 3 rings (SSSR count). The first kappa shape index (κ1) is 14.1. The number of hydrogen-bond acceptors (Lipinski definition) is 3. The van der Waals surface area contributed by atoms with E-state index in [1.807, 2.05) is 6.92 Å². The Morgan fingerprint density at radius 2 is 2.05 bits per heavy atom. The van der Waals surface area contributed by atoms with E-state index < -0.39 is 10.0 Å². The lowest BCUT2D eigenvalue weighted by molar-refractivity contribution is 0.403. The molecule has 112 valence electrons. The van der Waals surface area contributed by atoms with Crippen LogP contribution in [0.5, 0.6) is 0 Å². The molecule has 6 heteroatoms. The summed E-state index contributed by atoms with van der Waals surface area (Å²) in [6, 6.07) is 2.43. The van der Waals surface area contributed by atoms with E-state index in [9.17, 15) is 8.42 Å². The second-order valence-electron chi connectivity index (χ2n) is 5.86. The van der Waals surface area contributed by atoms with Gasteiger partial charge < -0.3 is 10.3 Å². The van der Waals surface area contributed by atoms with E-state index in [0.29, 0.717) is 24.0 Å². The third-order valence-corrected chi connectivity index (χ3v) is 5.98. The van der Waals surface area contributed by atoms with Crippen molar-refractivity contribution in [1.82, 2.24) is 8.87 Å². The van der Waals surface area contributed by atoms with Gasteiger partial charge in [-0.2, -0.15) is 4.31 Å². The zero-order chi connectivity index (χ0) is 14.3. The highest BCUT2D eigenvalue weighted by molar-refractivity contribution is 7.89. The third kappa shape index (κ3) is 2.52. The van der Waals surface area contributed by atoms with Crippen LogP contribution >= 0.6 is 0 Å². The summed E-state index contributed by atoms with van der Waals surface area (Å²) in [6.07, 6.45) is 6.88. The average Bonchev–Trinajstić information content (AvgIpc) is 3.33. The minimum absolute atomic E-state index is 0.213. The lowest BCUT2D eigenvalue weighted by atomic mass is 10.4. The molecular weight excluding hydrogens is 274 g/mol. The van der Waals surface area contributed by atoms with E-state index in [-0.39, 0.29) is 6.04 Å². The van der Waals surface area contributed by atoms with Crippen molar-refractivity contribution in [2.24, 2.45) is 5.73 Å². The molecule has 2 aliphatic carbocycles. The number of sulfonamides is 1. The molecule has 0 radical (unpaired) electrons. The number of nitrogens with zero attached hydrogens (tertiary/aromatic N) is 2. The van der Waals surface area contributed by atoms with Gasteiger partial charge in [0.1, 0.15) is 4.90 Å². The highest BCUT2D eigenvalue weighted by Crippen LogP contribution is 2.38. The minimum atomic E-state index is -3.36. The molecule has 2 aliphatic rings. The topological polar surface area (TPSA) is 68.3 Å². The van der Waals surface area contributed by atoms with Crippen LogP contribution in [0.3, 0.4) is 0 Å². The first-order valence-electron chi connectivity index (χ1n) is 7.50. The van der Waals surface area contributed by atoms with Crippen molar-refractivity contribution in [3.05, 3.63) is 18.0 Å². The van der Waals surface area contributed by atoms with Gasteiger partial charge in [0, 0.05) is 37.1 Å². The van der Waals surface area contributed by atoms with E-state index in [0.717, 1.165) is 37.8 Å². The average molecular weight is 297 g/mol. The molecule has 0 aromatic carbocycles. The molecule has 0 spiro atoms. The Balaban J connectivity index is 1.93. The molecule has 1 aromatic heterocycles. The monoisotopic (exact) mass is 297 g/mol. The molecule has 2 saturated carbocycles. The van der Waals surface area contributed by atoms with Crippen LogP contribution in [-0.2, 0) is 16.6 Å². The van der Waals surface area contributed by atoms with Crippen molar-refractivity contribution in [3.63, 3.8) is 0 Å². The maximum absolute atomic E-state index is 12.8. The molecule has 2 fully saturated rings. The lowest BCUT2D eigenvalue weighted by Crippen LogP contribution is -2.33. The van der Waals surface area contributed by atoms with Gasteiger partial charge in [0.25, 0.3) is 0 Å². The van der Waals surface area contributed by atoms with Crippen molar-refractivity contribution in [3.8, 4) is 0 Å². The summed E-state index contributed by atoms with van der Waals surface area (Å²) in [7, 11) is -3.36. The molecule has 0 bridgehead atoms. The number of rotatable bonds is 7. The van der Waals surface area contributed by atoms with Crippen LogP contribution in [-0.4, -0.2) is 29.9 Å².